The number of anilines is 1. The van der Waals surface area contributed by atoms with E-state index in [1.807, 2.05) is 0 Å². The summed E-state index contributed by atoms with van der Waals surface area (Å²) in [5.74, 6) is -0.609. The molecule has 16 heteroatoms. The molecule has 0 amide bonds. The Morgan fingerprint density at radius 1 is 1.39 bits per heavy atom. The molecule has 1 saturated carbocycles. The summed E-state index contributed by atoms with van der Waals surface area (Å²) in [5.41, 5.74) is 2.98. The Morgan fingerprint density at radius 2 is 2.08 bits per heavy atom. The lowest BCUT2D eigenvalue weighted by molar-refractivity contribution is -0.150. The Morgan fingerprint density at radius 3 is 2.72 bits per heavy atom. The van der Waals surface area contributed by atoms with Crippen LogP contribution in [0.5, 0.6) is 5.88 Å². The maximum atomic E-state index is 12.9. The molecule has 15 nitrogen and oxygen atoms in total. The summed E-state index contributed by atoms with van der Waals surface area (Å²) < 4.78 is 35.5. The van der Waals surface area contributed by atoms with E-state index in [0.29, 0.717) is 25.7 Å². The second-order valence-electron chi connectivity index (χ2n) is 9.05. The van der Waals surface area contributed by atoms with Crippen LogP contribution in [-0.2, 0) is 23.4 Å². The normalized spacial score (nSPS) is 29.3. The Hall–Kier alpha value is -2.39. The number of esters is 1. The van der Waals surface area contributed by atoms with E-state index in [0.717, 1.165) is 0 Å². The maximum Gasteiger partial charge on any atom is 0.404 e. The number of fused-ring (bicyclic) bond motifs is 1. The molecule has 4 rings (SSSR count). The van der Waals surface area contributed by atoms with Crippen molar-refractivity contribution in [2.24, 2.45) is 0 Å². The van der Waals surface area contributed by atoms with Gasteiger partial charge in [0, 0.05) is 0 Å². The second-order valence-corrected chi connectivity index (χ2v) is 10.6. The van der Waals surface area contributed by atoms with Crippen LogP contribution in [-0.4, -0.2) is 84.3 Å². The van der Waals surface area contributed by atoms with Gasteiger partial charge in [0.25, 0.3) is 0 Å². The predicted octanol–water partition coefficient (Wildman–Crippen LogP) is 0.00890. The SMILES string of the molecule is CCOC(=O)C1(NP(=O)(O)OC[C@H]2O[C@@H](n3cnc4c(OC)nc(N)nc43)C(C)(O)[C@H]2O)CCCC1. The van der Waals surface area contributed by atoms with E-state index in [9.17, 15) is 24.5 Å². The molecule has 3 heterocycles. The number of nitrogens with two attached hydrogens (primary N) is 1. The number of aliphatic hydroxyl groups is 2. The molecule has 6 N–H and O–H groups in total. The van der Waals surface area contributed by atoms with E-state index in [1.165, 1.54) is 24.9 Å². The monoisotopic (exact) mass is 530 g/mol. The van der Waals surface area contributed by atoms with Gasteiger partial charge in [-0.1, -0.05) is 12.8 Å². The van der Waals surface area contributed by atoms with Gasteiger partial charge in [0.2, 0.25) is 11.8 Å². The van der Waals surface area contributed by atoms with E-state index in [1.54, 1.807) is 6.92 Å². The zero-order valence-corrected chi connectivity index (χ0v) is 21.1. The molecule has 2 unspecified atom stereocenters. The molecule has 2 aromatic heterocycles. The molecule has 0 radical (unpaired) electrons. The van der Waals surface area contributed by atoms with E-state index < -0.39 is 49.9 Å². The van der Waals surface area contributed by atoms with Gasteiger partial charge >= 0.3 is 13.7 Å². The molecule has 1 aliphatic carbocycles. The molecule has 1 saturated heterocycles. The summed E-state index contributed by atoms with van der Waals surface area (Å²) in [6.45, 7) is 2.54. The van der Waals surface area contributed by atoms with Crippen LogP contribution in [0.1, 0.15) is 45.8 Å². The highest BCUT2D eigenvalue weighted by atomic mass is 31.2. The summed E-state index contributed by atoms with van der Waals surface area (Å²) in [6.07, 6.45) is -0.631. The highest BCUT2D eigenvalue weighted by molar-refractivity contribution is 7.50. The van der Waals surface area contributed by atoms with E-state index in [-0.39, 0.29) is 29.6 Å². The summed E-state index contributed by atoms with van der Waals surface area (Å²) in [4.78, 5) is 35.2. The Balaban J connectivity index is 1.51. The number of hydrogen-bond donors (Lipinski definition) is 5. The maximum absolute atomic E-state index is 12.9. The van der Waals surface area contributed by atoms with Gasteiger partial charge in [-0.25, -0.2) is 14.6 Å². The van der Waals surface area contributed by atoms with E-state index in [4.69, 9.17) is 24.5 Å². The smallest absolute Gasteiger partial charge is 0.404 e. The van der Waals surface area contributed by atoms with Gasteiger partial charge in [-0.2, -0.15) is 9.97 Å². The van der Waals surface area contributed by atoms with Crippen LogP contribution in [0.2, 0.25) is 0 Å². The number of imidazole rings is 1. The zero-order valence-electron chi connectivity index (χ0n) is 20.2. The summed E-state index contributed by atoms with van der Waals surface area (Å²) in [6, 6.07) is 0. The quantitative estimate of drug-likeness (QED) is 0.213. The van der Waals surface area contributed by atoms with Crippen LogP contribution in [0.4, 0.5) is 5.95 Å². The standard InChI is InChI=1S/C20H31N6O9P/c1-4-33-17(28)20(7-5-6-8-20)25-36(30,31)34-9-11-13(27)19(2,29)16(35-11)26-10-22-12-14(26)23-18(21)24-15(12)32-3/h10-11,13,16,27,29H,4-9H2,1-3H3,(H2,21,23,24)(H2,25,30,31)/t11-,13+,16-,19?/m1/s1. The molecule has 1 aliphatic heterocycles. The molecule has 0 aromatic carbocycles. The number of nitrogens with one attached hydrogen (secondary N) is 1. The first-order chi connectivity index (χ1) is 16.9. The number of aromatic nitrogens is 4. The molecule has 36 heavy (non-hydrogen) atoms. The lowest BCUT2D eigenvalue weighted by Gasteiger charge is -2.30. The van der Waals surface area contributed by atoms with Gasteiger partial charge in [-0.15, -0.1) is 0 Å². The van der Waals surface area contributed by atoms with Crippen LogP contribution >= 0.6 is 7.75 Å². The third-order valence-corrected chi connectivity index (χ3v) is 7.71. The molecule has 5 atom stereocenters. The van der Waals surface area contributed by atoms with Gasteiger partial charge in [-0.3, -0.25) is 13.9 Å². The fraction of sp³-hybridized carbons (Fsp3) is 0.700. The lowest BCUT2D eigenvalue weighted by atomic mass is 9.96. The van der Waals surface area contributed by atoms with Crippen molar-refractivity contribution in [3.05, 3.63) is 6.33 Å². The largest absolute Gasteiger partial charge is 0.479 e. The van der Waals surface area contributed by atoms with Gasteiger partial charge in [0.1, 0.15) is 23.3 Å². The van der Waals surface area contributed by atoms with Gasteiger partial charge in [-0.05, 0) is 26.7 Å². The topological polar surface area (TPSA) is 213 Å². The Labute approximate surface area is 206 Å². The van der Waals surface area contributed by atoms with Crippen molar-refractivity contribution in [1.29, 1.82) is 0 Å². The van der Waals surface area contributed by atoms with E-state index >= 15 is 0 Å². The number of ether oxygens (including phenoxy) is 3. The summed E-state index contributed by atoms with van der Waals surface area (Å²) >= 11 is 0. The molecule has 0 bridgehead atoms. The van der Waals surface area contributed by atoms with Crippen molar-refractivity contribution in [3.63, 3.8) is 0 Å². The minimum absolute atomic E-state index is 0.103. The number of aliphatic hydroxyl groups excluding tert-OH is 1. The Kier molecular flexibility index (Phi) is 7.27. The predicted molar refractivity (Wildman–Crippen MR) is 124 cm³/mol. The van der Waals surface area contributed by atoms with Crippen molar-refractivity contribution in [2.75, 3.05) is 26.1 Å². The summed E-state index contributed by atoms with van der Waals surface area (Å²) in [7, 11) is -3.15. The lowest BCUT2D eigenvalue weighted by Crippen LogP contribution is -2.49. The first-order valence-corrected chi connectivity index (χ1v) is 13.1. The highest BCUT2D eigenvalue weighted by Gasteiger charge is 2.54. The highest BCUT2D eigenvalue weighted by Crippen LogP contribution is 2.47. The fourth-order valence-corrected chi connectivity index (χ4v) is 5.95. The van der Waals surface area contributed by atoms with Gasteiger partial charge in [0.15, 0.2) is 17.4 Å². The van der Waals surface area contributed by atoms with Crippen LogP contribution in [0.15, 0.2) is 6.33 Å². The van der Waals surface area contributed by atoms with Crippen molar-refractivity contribution in [1.82, 2.24) is 24.6 Å². The molecule has 0 spiro atoms. The van der Waals surface area contributed by atoms with Crippen LogP contribution in [0.25, 0.3) is 11.2 Å². The van der Waals surface area contributed by atoms with Crippen molar-refractivity contribution in [3.8, 4) is 5.88 Å². The minimum Gasteiger partial charge on any atom is -0.479 e. The third kappa shape index (κ3) is 4.79. The van der Waals surface area contributed by atoms with Crippen molar-refractivity contribution >= 4 is 30.8 Å². The second kappa shape index (κ2) is 9.82. The molecule has 2 fully saturated rings. The molecule has 2 aromatic rings. The average molecular weight is 530 g/mol. The molecule has 2 aliphatic rings. The molecule has 200 valence electrons. The van der Waals surface area contributed by atoms with Crippen molar-refractivity contribution in [2.45, 2.75) is 69.1 Å². The van der Waals surface area contributed by atoms with Gasteiger partial charge in [0.05, 0.1) is 26.7 Å². The number of hydrogen-bond acceptors (Lipinski definition) is 12. The van der Waals surface area contributed by atoms with Gasteiger partial charge < -0.3 is 35.1 Å². The first kappa shape index (κ1) is 26.7. The molecular formula is C20H31N6O9P. The van der Waals surface area contributed by atoms with E-state index in [2.05, 4.69) is 20.0 Å². The number of nitrogen functional groups attached to an aromatic ring is 1. The number of carbonyl (C=O) groups excluding carboxylic acids is 1. The Bertz CT molecular complexity index is 1170. The zero-order chi connectivity index (χ0) is 26.3. The number of methoxy groups -OCH3 is 1. The molecular weight excluding hydrogens is 499 g/mol. The third-order valence-electron chi connectivity index (χ3n) is 6.50. The van der Waals surface area contributed by atoms with Crippen molar-refractivity contribution < 1.29 is 43.2 Å². The van der Waals surface area contributed by atoms with Crippen LogP contribution < -0.4 is 15.6 Å². The number of rotatable bonds is 9. The summed E-state index contributed by atoms with van der Waals surface area (Å²) in [5, 5.41) is 24.3. The fourth-order valence-electron chi connectivity index (χ4n) is 4.68. The van der Waals surface area contributed by atoms with Crippen LogP contribution in [0.3, 0.4) is 0 Å². The van der Waals surface area contributed by atoms with Crippen LogP contribution in [0, 0.1) is 0 Å². The minimum atomic E-state index is -4.54. The first-order valence-electron chi connectivity index (χ1n) is 11.5. The number of carbonyl (C=O) groups is 1. The average Bonchev–Trinajstić information content (AvgIpc) is 3.50. The number of nitrogens with zero attached hydrogens (tertiary/aromatic N) is 4.